The van der Waals surface area contributed by atoms with Gasteiger partial charge in [-0.25, -0.2) is 0 Å². The number of methoxy groups -OCH3 is 1. The van der Waals surface area contributed by atoms with Crippen molar-refractivity contribution in [3.8, 4) is 0 Å². The van der Waals surface area contributed by atoms with Crippen LogP contribution >= 0.6 is 0 Å². The Kier molecular flexibility index (Phi) is 4.79. The highest BCUT2D eigenvalue weighted by Crippen LogP contribution is 2.49. The van der Waals surface area contributed by atoms with E-state index in [4.69, 9.17) is 4.74 Å². The van der Waals surface area contributed by atoms with Gasteiger partial charge in [0.2, 0.25) is 0 Å². The van der Waals surface area contributed by atoms with Crippen LogP contribution < -0.4 is 5.32 Å². The van der Waals surface area contributed by atoms with Gasteiger partial charge >= 0.3 is 0 Å². The molecule has 0 aromatic heterocycles. The second-order valence-electron chi connectivity index (χ2n) is 5.32. The van der Waals surface area contributed by atoms with Crippen molar-refractivity contribution in [3.63, 3.8) is 0 Å². The summed E-state index contributed by atoms with van der Waals surface area (Å²) >= 11 is 0. The third-order valence-corrected chi connectivity index (χ3v) is 4.26. The molecule has 1 aromatic carbocycles. The van der Waals surface area contributed by atoms with Crippen LogP contribution in [0.5, 0.6) is 0 Å². The van der Waals surface area contributed by atoms with Gasteiger partial charge in [0.1, 0.15) is 0 Å². The van der Waals surface area contributed by atoms with Crippen LogP contribution in [0.2, 0.25) is 0 Å². The van der Waals surface area contributed by atoms with Gasteiger partial charge in [0.25, 0.3) is 0 Å². The summed E-state index contributed by atoms with van der Waals surface area (Å²) < 4.78 is 5.11. The molecule has 1 saturated carbocycles. The molecule has 2 heteroatoms. The van der Waals surface area contributed by atoms with Crippen molar-refractivity contribution in [2.45, 2.75) is 31.6 Å². The Hall–Kier alpha value is -0.860. The van der Waals surface area contributed by atoms with Crippen LogP contribution in [0.15, 0.2) is 30.3 Å². The molecular weight excluding hydrogens is 222 g/mol. The van der Waals surface area contributed by atoms with E-state index in [1.54, 1.807) is 7.11 Å². The Morgan fingerprint density at radius 1 is 1.28 bits per heavy atom. The Labute approximate surface area is 111 Å². The maximum absolute atomic E-state index is 5.11. The molecule has 2 nitrogen and oxygen atoms in total. The lowest BCUT2D eigenvalue weighted by Crippen LogP contribution is -2.40. The van der Waals surface area contributed by atoms with E-state index in [1.807, 2.05) is 0 Å². The fourth-order valence-corrected chi connectivity index (χ4v) is 2.99. The monoisotopic (exact) mass is 247 g/mol. The average molecular weight is 247 g/mol. The van der Waals surface area contributed by atoms with E-state index in [2.05, 4.69) is 42.6 Å². The van der Waals surface area contributed by atoms with Crippen molar-refractivity contribution in [2.75, 3.05) is 26.8 Å². The molecule has 100 valence electrons. The summed E-state index contributed by atoms with van der Waals surface area (Å²) in [4.78, 5) is 0. The SMILES string of the molecule is CCC(CNCCOC)(c1ccccc1)C1CC1. The fraction of sp³-hybridized carbons (Fsp3) is 0.625. The van der Waals surface area contributed by atoms with Gasteiger partial charge in [0.05, 0.1) is 6.61 Å². The minimum atomic E-state index is 0.328. The molecule has 0 amide bonds. The largest absolute Gasteiger partial charge is 0.383 e. The summed E-state index contributed by atoms with van der Waals surface area (Å²) in [5.41, 5.74) is 1.83. The van der Waals surface area contributed by atoms with E-state index in [-0.39, 0.29) is 0 Å². The fourth-order valence-electron chi connectivity index (χ4n) is 2.99. The smallest absolute Gasteiger partial charge is 0.0587 e. The van der Waals surface area contributed by atoms with E-state index in [9.17, 15) is 0 Å². The van der Waals surface area contributed by atoms with Crippen molar-refractivity contribution in [1.29, 1.82) is 0 Å². The van der Waals surface area contributed by atoms with Gasteiger partial charge in [0, 0.05) is 25.6 Å². The first-order valence-corrected chi connectivity index (χ1v) is 7.08. The van der Waals surface area contributed by atoms with E-state index in [1.165, 1.54) is 24.8 Å². The highest BCUT2D eigenvalue weighted by Gasteiger charge is 2.44. The second kappa shape index (κ2) is 6.35. The molecule has 1 aliphatic rings. The Bertz CT molecular complexity index is 347. The molecule has 0 radical (unpaired) electrons. The highest BCUT2D eigenvalue weighted by molar-refractivity contribution is 5.29. The first-order valence-electron chi connectivity index (χ1n) is 7.08. The first-order chi connectivity index (χ1) is 8.83. The summed E-state index contributed by atoms with van der Waals surface area (Å²) in [5, 5.41) is 3.57. The molecule has 0 saturated heterocycles. The van der Waals surface area contributed by atoms with Gasteiger partial charge in [-0.3, -0.25) is 0 Å². The predicted octanol–water partition coefficient (Wildman–Crippen LogP) is 2.98. The van der Waals surface area contributed by atoms with Crippen LogP contribution in [-0.4, -0.2) is 26.8 Å². The molecule has 0 heterocycles. The topological polar surface area (TPSA) is 21.3 Å². The molecule has 18 heavy (non-hydrogen) atoms. The number of nitrogens with one attached hydrogen (secondary N) is 1. The zero-order valence-electron chi connectivity index (χ0n) is 11.6. The minimum absolute atomic E-state index is 0.328. The Balaban J connectivity index is 2.08. The molecule has 1 N–H and O–H groups in total. The molecule has 1 fully saturated rings. The van der Waals surface area contributed by atoms with Crippen LogP contribution in [-0.2, 0) is 10.2 Å². The first kappa shape index (κ1) is 13.6. The number of hydrogen-bond acceptors (Lipinski definition) is 2. The molecule has 0 bridgehead atoms. The van der Waals surface area contributed by atoms with Crippen molar-refractivity contribution in [1.82, 2.24) is 5.32 Å². The van der Waals surface area contributed by atoms with Crippen LogP contribution in [0, 0.1) is 5.92 Å². The van der Waals surface area contributed by atoms with Crippen LogP contribution in [0.4, 0.5) is 0 Å². The molecule has 0 aliphatic heterocycles. The van der Waals surface area contributed by atoms with Crippen LogP contribution in [0.1, 0.15) is 31.7 Å². The van der Waals surface area contributed by atoms with Crippen molar-refractivity contribution < 1.29 is 4.74 Å². The zero-order chi connectivity index (χ0) is 12.8. The number of benzene rings is 1. The molecular formula is C16H25NO. The predicted molar refractivity (Wildman–Crippen MR) is 75.9 cm³/mol. The Morgan fingerprint density at radius 2 is 2.00 bits per heavy atom. The third kappa shape index (κ3) is 2.93. The highest BCUT2D eigenvalue weighted by atomic mass is 16.5. The molecule has 1 atom stereocenters. The van der Waals surface area contributed by atoms with Gasteiger partial charge in [-0.15, -0.1) is 0 Å². The molecule has 2 rings (SSSR count). The van der Waals surface area contributed by atoms with Crippen LogP contribution in [0.3, 0.4) is 0 Å². The zero-order valence-corrected chi connectivity index (χ0v) is 11.6. The summed E-state index contributed by atoms with van der Waals surface area (Å²) in [6.45, 7) is 5.13. The van der Waals surface area contributed by atoms with E-state index in [0.29, 0.717) is 5.41 Å². The standard InChI is InChI=1S/C16H25NO/c1-3-16(15-9-10-15,13-17-11-12-18-2)14-7-5-4-6-8-14/h4-8,15,17H,3,9-13H2,1-2H3. The van der Waals surface area contributed by atoms with E-state index in [0.717, 1.165) is 25.6 Å². The number of ether oxygens (including phenoxy) is 1. The van der Waals surface area contributed by atoms with E-state index >= 15 is 0 Å². The van der Waals surface area contributed by atoms with Gasteiger partial charge in [0.15, 0.2) is 0 Å². The summed E-state index contributed by atoms with van der Waals surface area (Å²) in [6.07, 6.45) is 3.98. The average Bonchev–Trinajstić information content (AvgIpc) is 3.25. The quantitative estimate of drug-likeness (QED) is 0.713. The minimum Gasteiger partial charge on any atom is -0.383 e. The summed E-state index contributed by atoms with van der Waals surface area (Å²) in [5.74, 6) is 0.861. The van der Waals surface area contributed by atoms with Crippen molar-refractivity contribution in [2.24, 2.45) is 5.92 Å². The molecule has 1 aromatic rings. The van der Waals surface area contributed by atoms with Gasteiger partial charge in [-0.2, -0.15) is 0 Å². The second-order valence-corrected chi connectivity index (χ2v) is 5.32. The normalized spacial score (nSPS) is 18.6. The summed E-state index contributed by atoms with van der Waals surface area (Å²) in [6, 6.07) is 11.0. The van der Waals surface area contributed by atoms with Crippen molar-refractivity contribution >= 4 is 0 Å². The lowest BCUT2D eigenvalue weighted by atomic mass is 9.73. The Morgan fingerprint density at radius 3 is 2.56 bits per heavy atom. The third-order valence-electron chi connectivity index (χ3n) is 4.26. The molecule has 1 unspecified atom stereocenters. The van der Waals surface area contributed by atoms with Crippen molar-refractivity contribution in [3.05, 3.63) is 35.9 Å². The summed E-state index contributed by atoms with van der Waals surface area (Å²) in [7, 11) is 1.76. The van der Waals surface area contributed by atoms with Gasteiger partial charge < -0.3 is 10.1 Å². The van der Waals surface area contributed by atoms with Gasteiger partial charge in [-0.05, 0) is 30.7 Å². The lowest BCUT2D eigenvalue weighted by Gasteiger charge is -2.34. The number of rotatable bonds is 8. The maximum Gasteiger partial charge on any atom is 0.0587 e. The molecule has 1 aliphatic carbocycles. The number of hydrogen-bond donors (Lipinski definition) is 1. The van der Waals surface area contributed by atoms with E-state index < -0.39 is 0 Å². The maximum atomic E-state index is 5.11. The van der Waals surface area contributed by atoms with Crippen LogP contribution in [0.25, 0.3) is 0 Å². The lowest BCUT2D eigenvalue weighted by molar-refractivity contribution is 0.194. The molecule has 0 spiro atoms. The van der Waals surface area contributed by atoms with Gasteiger partial charge in [-0.1, -0.05) is 37.3 Å².